The molecular formula is C23H24N2O5S. The number of sulfonamides is 1. The first-order valence-corrected chi connectivity index (χ1v) is 11.0. The first kappa shape index (κ1) is 22.3. The topological polar surface area (TPSA) is 95.9 Å². The van der Waals surface area contributed by atoms with Gasteiger partial charge in [-0.15, -0.1) is 0 Å². The van der Waals surface area contributed by atoms with Crippen LogP contribution in [-0.4, -0.2) is 26.6 Å². The Balaban J connectivity index is 2.25. The summed E-state index contributed by atoms with van der Waals surface area (Å²) in [6.07, 6.45) is 0. The molecule has 0 spiro atoms. The lowest BCUT2D eigenvalue weighted by Crippen LogP contribution is -2.34. The van der Waals surface area contributed by atoms with E-state index in [0.29, 0.717) is 16.9 Å². The van der Waals surface area contributed by atoms with Crippen LogP contribution in [0.5, 0.6) is 5.75 Å². The van der Waals surface area contributed by atoms with Gasteiger partial charge >= 0.3 is 0 Å². The van der Waals surface area contributed by atoms with Gasteiger partial charge in [-0.3, -0.25) is 14.3 Å². The van der Waals surface area contributed by atoms with Gasteiger partial charge in [-0.25, -0.2) is 13.9 Å². The Bertz CT molecular complexity index is 1180. The van der Waals surface area contributed by atoms with Gasteiger partial charge in [-0.2, -0.15) is 0 Å². The van der Waals surface area contributed by atoms with Crippen LogP contribution in [0.4, 0.5) is 5.69 Å². The Morgan fingerprint density at radius 2 is 1.58 bits per heavy atom. The zero-order valence-electron chi connectivity index (χ0n) is 17.5. The number of hydrogen-bond donors (Lipinski definition) is 2. The number of nitrogens with one attached hydrogen (secondary N) is 1. The second kappa shape index (κ2) is 9.20. The van der Waals surface area contributed by atoms with Gasteiger partial charge in [0.05, 0.1) is 29.8 Å². The highest BCUT2D eigenvalue weighted by Gasteiger charge is 2.31. The number of rotatable bonds is 7. The minimum atomic E-state index is -4.06. The Morgan fingerprint density at radius 1 is 0.968 bits per heavy atom. The summed E-state index contributed by atoms with van der Waals surface area (Å²) >= 11 is 0. The quantitative estimate of drug-likeness (QED) is 0.430. The summed E-state index contributed by atoms with van der Waals surface area (Å²) in [6.45, 7) is 3.42. The molecule has 0 aliphatic rings. The smallest absolute Gasteiger partial charge is 0.277 e. The Hall–Kier alpha value is -3.36. The molecule has 0 bridgehead atoms. The van der Waals surface area contributed by atoms with Gasteiger partial charge in [-0.1, -0.05) is 42.5 Å². The summed E-state index contributed by atoms with van der Waals surface area (Å²) in [4.78, 5) is 12.6. The van der Waals surface area contributed by atoms with Crippen molar-refractivity contribution in [2.24, 2.45) is 0 Å². The maximum atomic E-state index is 13.8. The summed E-state index contributed by atoms with van der Waals surface area (Å²) in [5, 5.41) is 9.30. The van der Waals surface area contributed by atoms with Gasteiger partial charge in [-0.05, 0) is 54.8 Å². The molecule has 3 aromatic carbocycles. The molecule has 0 fully saturated rings. The molecule has 0 saturated heterocycles. The average molecular weight is 441 g/mol. The lowest BCUT2D eigenvalue weighted by Gasteiger charge is -2.29. The fraction of sp³-hybridized carbons (Fsp3) is 0.174. The lowest BCUT2D eigenvalue weighted by atomic mass is 10.0. The van der Waals surface area contributed by atoms with Crippen LogP contribution in [0.25, 0.3) is 0 Å². The normalized spacial score (nSPS) is 11.1. The van der Waals surface area contributed by atoms with E-state index in [1.165, 1.54) is 23.5 Å². The number of ether oxygens (including phenoxy) is 1. The molecule has 0 saturated carbocycles. The number of anilines is 1. The number of benzene rings is 3. The van der Waals surface area contributed by atoms with Crippen LogP contribution in [0.15, 0.2) is 71.6 Å². The van der Waals surface area contributed by atoms with E-state index in [0.717, 1.165) is 5.56 Å². The van der Waals surface area contributed by atoms with E-state index in [1.807, 2.05) is 30.3 Å². The van der Waals surface area contributed by atoms with Crippen molar-refractivity contribution in [2.45, 2.75) is 25.3 Å². The largest absolute Gasteiger partial charge is 0.497 e. The van der Waals surface area contributed by atoms with Crippen LogP contribution in [0.3, 0.4) is 0 Å². The molecule has 0 unspecified atom stereocenters. The van der Waals surface area contributed by atoms with Gasteiger partial charge < -0.3 is 4.74 Å². The Morgan fingerprint density at radius 3 is 2.16 bits per heavy atom. The van der Waals surface area contributed by atoms with Crippen molar-refractivity contribution in [1.82, 2.24) is 5.48 Å². The molecule has 31 heavy (non-hydrogen) atoms. The maximum absolute atomic E-state index is 13.8. The lowest BCUT2D eigenvalue weighted by molar-refractivity contribution is 0.0706. The number of nitrogens with zero attached hydrogens (tertiary/aromatic N) is 1. The van der Waals surface area contributed by atoms with E-state index in [4.69, 9.17) is 4.74 Å². The van der Waals surface area contributed by atoms with Crippen LogP contribution in [0.2, 0.25) is 0 Å². The number of hydroxylamine groups is 1. The van der Waals surface area contributed by atoms with Crippen LogP contribution in [0, 0.1) is 13.8 Å². The van der Waals surface area contributed by atoms with Crippen molar-refractivity contribution in [3.8, 4) is 5.75 Å². The molecule has 3 rings (SSSR count). The number of methoxy groups -OCH3 is 1. The van der Waals surface area contributed by atoms with Crippen molar-refractivity contribution in [2.75, 3.05) is 11.4 Å². The standard InChI is InChI=1S/C23H24N2O5S/c1-16-9-10-17(2)22(21(16)23(26)24-27)25(15-18-7-5-4-6-8-18)31(28,29)20-13-11-19(30-3)12-14-20/h4-14,27H,15H2,1-3H3,(H,24,26). The first-order chi connectivity index (χ1) is 14.8. The third-order valence-electron chi connectivity index (χ3n) is 4.98. The molecule has 0 aliphatic heterocycles. The fourth-order valence-electron chi connectivity index (χ4n) is 3.37. The monoisotopic (exact) mass is 440 g/mol. The van der Waals surface area contributed by atoms with Crippen molar-refractivity contribution >= 4 is 21.6 Å². The van der Waals surface area contributed by atoms with Crippen LogP contribution in [-0.2, 0) is 16.6 Å². The highest BCUT2D eigenvalue weighted by molar-refractivity contribution is 7.92. The van der Waals surface area contributed by atoms with Gasteiger partial charge in [0.1, 0.15) is 5.75 Å². The average Bonchev–Trinajstić information content (AvgIpc) is 2.79. The molecule has 7 nitrogen and oxygen atoms in total. The molecular weight excluding hydrogens is 416 g/mol. The first-order valence-electron chi connectivity index (χ1n) is 9.55. The third kappa shape index (κ3) is 4.55. The summed E-state index contributed by atoms with van der Waals surface area (Å²) < 4.78 is 33.8. The second-order valence-electron chi connectivity index (χ2n) is 7.04. The predicted octanol–water partition coefficient (Wildman–Crippen LogP) is 3.83. The number of aryl methyl sites for hydroxylation is 2. The van der Waals surface area contributed by atoms with E-state index in [1.54, 1.807) is 43.6 Å². The SMILES string of the molecule is COc1ccc(S(=O)(=O)N(Cc2ccccc2)c2c(C)ccc(C)c2C(=O)NO)cc1. The molecule has 0 aromatic heterocycles. The molecule has 2 N–H and O–H groups in total. The Kier molecular flexibility index (Phi) is 6.62. The molecule has 1 amide bonds. The van der Waals surface area contributed by atoms with E-state index in [2.05, 4.69) is 0 Å². The van der Waals surface area contributed by atoms with E-state index >= 15 is 0 Å². The molecule has 162 valence electrons. The number of amides is 1. The molecule has 3 aromatic rings. The molecule has 0 aliphatic carbocycles. The van der Waals surface area contributed by atoms with Crippen LogP contribution in [0.1, 0.15) is 27.0 Å². The third-order valence-corrected chi connectivity index (χ3v) is 6.74. The van der Waals surface area contributed by atoms with E-state index in [9.17, 15) is 18.4 Å². The zero-order chi connectivity index (χ0) is 22.6. The van der Waals surface area contributed by atoms with Crippen molar-refractivity contribution < 1.29 is 23.2 Å². The van der Waals surface area contributed by atoms with Crippen molar-refractivity contribution in [1.29, 1.82) is 0 Å². The summed E-state index contributed by atoms with van der Waals surface area (Å²) in [5.41, 5.74) is 3.81. The summed E-state index contributed by atoms with van der Waals surface area (Å²) in [7, 11) is -2.56. The highest BCUT2D eigenvalue weighted by atomic mass is 32.2. The number of carbonyl (C=O) groups excluding carboxylic acids is 1. The molecule has 0 heterocycles. The van der Waals surface area contributed by atoms with Crippen LogP contribution < -0.4 is 14.5 Å². The van der Waals surface area contributed by atoms with Crippen molar-refractivity contribution in [3.05, 3.63) is 89.0 Å². The molecule has 0 atom stereocenters. The van der Waals surface area contributed by atoms with Gasteiger partial charge in [0.15, 0.2) is 0 Å². The van der Waals surface area contributed by atoms with E-state index < -0.39 is 15.9 Å². The number of hydrogen-bond acceptors (Lipinski definition) is 5. The second-order valence-corrected chi connectivity index (χ2v) is 8.90. The Labute approximate surface area is 181 Å². The summed E-state index contributed by atoms with van der Waals surface area (Å²) in [6, 6.07) is 18.6. The van der Waals surface area contributed by atoms with Gasteiger partial charge in [0.2, 0.25) is 0 Å². The number of carbonyl (C=O) groups is 1. The maximum Gasteiger partial charge on any atom is 0.277 e. The molecule has 0 radical (unpaired) electrons. The van der Waals surface area contributed by atoms with Crippen LogP contribution >= 0.6 is 0 Å². The highest BCUT2D eigenvalue weighted by Crippen LogP contribution is 2.34. The van der Waals surface area contributed by atoms with Crippen molar-refractivity contribution in [3.63, 3.8) is 0 Å². The van der Waals surface area contributed by atoms with Gasteiger partial charge in [0.25, 0.3) is 15.9 Å². The van der Waals surface area contributed by atoms with E-state index in [-0.39, 0.29) is 22.7 Å². The predicted molar refractivity (Wildman–Crippen MR) is 118 cm³/mol. The minimum absolute atomic E-state index is 0.00516. The fourth-order valence-corrected chi connectivity index (χ4v) is 4.90. The minimum Gasteiger partial charge on any atom is -0.497 e. The van der Waals surface area contributed by atoms with Gasteiger partial charge in [0, 0.05) is 0 Å². The molecule has 8 heteroatoms. The zero-order valence-corrected chi connectivity index (χ0v) is 18.3. The summed E-state index contributed by atoms with van der Waals surface area (Å²) in [5.74, 6) is -0.250.